The molecule has 1 N–H and O–H groups in total. The molecule has 0 bridgehead atoms. The number of nitrogens with one attached hydrogen (secondary N) is 1. The molecule has 0 aliphatic carbocycles. The maximum absolute atomic E-state index is 4.72. The fourth-order valence-electron chi connectivity index (χ4n) is 2.88. The molecule has 3 nitrogen and oxygen atoms in total. The van der Waals surface area contributed by atoms with Crippen molar-refractivity contribution in [2.24, 2.45) is 0 Å². The van der Waals surface area contributed by atoms with Gasteiger partial charge in [0.05, 0.1) is 5.69 Å². The molecule has 1 fully saturated rings. The monoisotopic (exact) mass is 301 g/mol. The van der Waals surface area contributed by atoms with Gasteiger partial charge in [-0.15, -0.1) is 11.3 Å². The van der Waals surface area contributed by atoms with E-state index < -0.39 is 0 Å². The van der Waals surface area contributed by atoms with Crippen LogP contribution in [-0.2, 0) is 6.54 Å². The van der Waals surface area contributed by atoms with Crippen molar-refractivity contribution in [3.05, 3.63) is 40.7 Å². The van der Waals surface area contributed by atoms with E-state index in [0.29, 0.717) is 6.04 Å². The molecule has 4 heteroatoms. The second-order valence-electron chi connectivity index (χ2n) is 5.75. The molecule has 0 spiro atoms. The van der Waals surface area contributed by atoms with Crippen LogP contribution in [0.3, 0.4) is 0 Å². The smallest absolute Gasteiger partial charge is 0.107 e. The highest BCUT2D eigenvalue weighted by molar-refractivity contribution is 7.09. The number of piperidine rings is 1. The molecule has 1 aliphatic rings. The number of likely N-dealkylation sites (N-methyl/N-ethyl adjacent to an activating group) is 1. The van der Waals surface area contributed by atoms with Gasteiger partial charge in [0, 0.05) is 30.1 Å². The van der Waals surface area contributed by atoms with Gasteiger partial charge < -0.3 is 10.2 Å². The minimum atomic E-state index is 0.687. The Hall–Kier alpha value is -1.23. The van der Waals surface area contributed by atoms with Crippen molar-refractivity contribution in [2.45, 2.75) is 31.8 Å². The Morgan fingerprint density at radius 3 is 2.95 bits per heavy atom. The molecule has 1 atom stereocenters. The molecular weight excluding hydrogens is 278 g/mol. The summed E-state index contributed by atoms with van der Waals surface area (Å²) in [5, 5.41) is 6.90. The van der Waals surface area contributed by atoms with Crippen LogP contribution in [0.1, 0.15) is 24.3 Å². The largest absolute Gasteiger partial charge is 0.309 e. The fourth-order valence-corrected chi connectivity index (χ4v) is 3.65. The van der Waals surface area contributed by atoms with E-state index in [2.05, 4.69) is 46.9 Å². The van der Waals surface area contributed by atoms with E-state index in [0.717, 1.165) is 18.8 Å². The quantitative estimate of drug-likeness (QED) is 0.917. The van der Waals surface area contributed by atoms with Crippen LogP contribution in [0.25, 0.3) is 11.3 Å². The van der Waals surface area contributed by atoms with Gasteiger partial charge in [-0.05, 0) is 26.4 Å². The zero-order valence-electron chi connectivity index (χ0n) is 12.6. The molecular formula is C17H23N3S. The van der Waals surface area contributed by atoms with E-state index in [9.17, 15) is 0 Å². The summed E-state index contributed by atoms with van der Waals surface area (Å²) in [4.78, 5) is 7.20. The van der Waals surface area contributed by atoms with Crippen LogP contribution in [0.4, 0.5) is 0 Å². The van der Waals surface area contributed by atoms with E-state index in [-0.39, 0.29) is 0 Å². The second kappa shape index (κ2) is 7.16. The molecule has 3 rings (SSSR count). The predicted octanol–water partition coefficient (Wildman–Crippen LogP) is 3.38. The van der Waals surface area contributed by atoms with E-state index in [4.69, 9.17) is 4.98 Å². The van der Waals surface area contributed by atoms with Crippen LogP contribution >= 0.6 is 11.3 Å². The summed E-state index contributed by atoms with van der Waals surface area (Å²) < 4.78 is 0. The maximum atomic E-state index is 4.72. The Balaban J connectivity index is 1.51. The summed E-state index contributed by atoms with van der Waals surface area (Å²) in [6.45, 7) is 3.18. The van der Waals surface area contributed by atoms with Crippen molar-refractivity contribution < 1.29 is 0 Å². The van der Waals surface area contributed by atoms with Crippen LogP contribution in [0.2, 0.25) is 0 Å². The lowest BCUT2D eigenvalue weighted by molar-refractivity contribution is 0.181. The van der Waals surface area contributed by atoms with E-state index in [1.165, 1.54) is 36.4 Å². The molecule has 1 saturated heterocycles. The standard InChI is InChI=1S/C17H23N3S/c1-20-10-6-5-9-15(20)11-18-12-17-19-16(13-21-17)14-7-3-2-4-8-14/h2-4,7-8,13,15,18H,5-6,9-12H2,1H3. The lowest BCUT2D eigenvalue weighted by atomic mass is 10.0. The van der Waals surface area contributed by atoms with Gasteiger partial charge in [0.15, 0.2) is 0 Å². The number of hydrogen-bond donors (Lipinski definition) is 1. The summed E-state index contributed by atoms with van der Waals surface area (Å²) >= 11 is 1.74. The summed E-state index contributed by atoms with van der Waals surface area (Å²) in [5.41, 5.74) is 2.29. The maximum Gasteiger partial charge on any atom is 0.107 e. The molecule has 112 valence electrons. The van der Waals surface area contributed by atoms with Gasteiger partial charge in [0.25, 0.3) is 0 Å². The molecule has 1 aliphatic heterocycles. The van der Waals surface area contributed by atoms with Gasteiger partial charge in [-0.1, -0.05) is 36.8 Å². The lowest BCUT2D eigenvalue weighted by Gasteiger charge is -2.32. The Bertz CT molecular complexity index is 552. The van der Waals surface area contributed by atoms with Crippen molar-refractivity contribution in [1.29, 1.82) is 0 Å². The number of nitrogens with zero attached hydrogens (tertiary/aromatic N) is 2. The van der Waals surface area contributed by atoms with E-state index in [1.807, 2.05) is 6.07 Å². The van der Waals surface area contributed by atoms with Gasteiger partial charge >= 0.3 is 0 Å². The van der Waals surface area contributed by atoms with Gasteiger partial charge in [-0.3, -0.25) is 0 Å². The Morgan fingerprint density at radius 2 is 2.14 bits per heavy atom. The van der Waals surface area contributed by atoms with Gasteiger partial charge in [-0.25, -0.2) is 4.98 Å². The highest BCUT2D eigenvalue weighted by Crippen LogP contribution is 2.21. The van der Waals surface area contributed by atoms with Crippen LogP contribution in [0.15, 0.2) is 35.7 Å². The molecule has 0 saturated carbocycles. The highest BCUT2D eigenvalue weighted by Gasteiger charge is 2.18. The molecule has 0 amide bonds. The molecule has 2 aromatic rings. The molecule has 21 heavy (non-hydrogen) atoms. The van der Waals surface area contributed by atoms with Crippen molar-refractivity contribution >= 4 is 11.3 Å². The number of rotatable bonds is 5. The number of benzene rings is 1. The minimum Gasteiger partial charge on any atom is -0.309 e. The number of hydrogen-bond acceptors (Lipinski definition) is 4. The van der Waals surface area contributed by atoms with Crippen molar-refractivity contribution in [1.82, 2.24) is 15.2 Å². The average Bonchev–Trinajstić information content (AvgIpc) is 2.99. The van der Waals surface area contributed by atoms with Gasteiger partial charge in [0.1, 0.15) is 5.01 Å². The van der Waals surface area contributed by atoms with Crippen LogP contribution in [0, 0.1) is 0 Å². The zero-order valence-corrected chi connectivity index (χ0v) is 13.4. The third-order valence-electron chi connectivity index (χ3n) is 4.20. The number of likely N-dealkylation sites (tertiary alicyclic amines) is 1. The first-order valence-electron chi connectivity index (χ1n) is 7.74. The van der Waals surface area contributed by atoms with Crippen molar-refractivity contribution in [3.8, 4) is 11.3 Å². The molecule has 1 unspecified atom stereocenters. The van der Waals surface area contributed by atoms with E-state index >= 15 is 0 Å². The van der Waals surface area contributed by atoms with Crippen LogP contribution in [0.5, 0.6) is 0 Å². The zero-order chi connectivity index (χ0) is 14.5. The number of thiazole rings is 1. The first-order valence-corrected chi connectivity index (χ1v) is 8.61. The van der Waals surface area contributed by atoms with Crippen molar-refractivity contribution in [2.75, 3.05) is 20.1 Å². The summed E-state index contributed by atoms with van der Waals surface area (Å²) in [5.74, 6) is 0. The normalized spacial score (nSPS) is 19.8. The third kappa shape index (κ3) is 3.90. The molecule has 1 aromatic carbocycles. The Kier molecular flexibility index (Phi) is 5.01. The summed E-state index contributed by atoms with van der Waals surface area (Å²) in [6.07, 6.45) is 4.03. The first-order chi connectivity index (χ1) is 10.3. The average molecular weight is 301 g/mol. The summed E-state index contributed by atoms with van der Waals surface area (Å²) in [7, 11) is 2.24. The molecule has 2 heterocycles. The first kappa shape index (κ1) is 14.7. The minimum absolute atomic E-state index is 0.687. The summed E-state index contributed by atoms with van der Waals surface area (Å²) in [6, 6.07) is 11.1. The van der Waals surface area contributed by atoms with Crippen molar-refractivity contribution in [3.63, 3.8) is 0 Å². The lowest BCUT2D eigenvalue weighted by Crippen LogP contribution is -2.42. The number of aromatic nitrogens is 1. The highest BCUT2D eigenvalue weighted by atomic mass is 32.1. The second-order valence-corrected chi connectivity index (χ2v) is 6.70. The Morgan fingerprint density at radius 1 is 1.29 bits per heavy atom. The molecule has 0 radical (unpaired) electrons. The van der Waals surface area contributed by atoms with Gasteiger partial charge in [0.2, 0.25) is 0 Å². The Labute approximate surface area is 131 Å². The third-order valence-corrected chi connectivity index (χ3v) is 5.05. The SMILES string of the molecule is CN1CCCCC1CNCc1nc(-c2ccccc2)cs1. The topological polar surface area (TPSA) is 28.2 Å². The van der Waals surface area contributed by atoms with Crippen LogP contribution in [-0.4, -0.2) is 36.1 Å². The van der Waals surface area contributed by atoms with Gasteiger partial charge in [-0.2, -0.15) is 0 Å². The predicted molar refractivity (Wildman–Crippen MR) is 89.5 cm³/mol. The van der Waals surface area contributed by atoms with Crippen LogP contribution < -0.4 is 5.32 Å². The van der Waals surface area contributed by atoms with E-state index in [1.54, 1.807) is 11.3 Å². The molecule has 1 aromatic heterocycles. The fraction of sp³-hybridized carbons (Fsp3) is 0.471.